The molecule has 0 saturated carbocycles. The van der Waals surface area contributed by atoms with E-state index in [9.17, 15) is 19.2 Å². The highest BCUT2D eigenvalue weighted by atomic mass is 32.2. The molecule has 3 heterocycles. The molecule has 0 aromatic carbocycles. The Balaban J connectivity index is 1.74. The van der Waals surface area contributed by atoms with Crippen LogP contribution in [0.3, 0.4) is 0 Å². The third-order valence-corrected chi connectivity index (χ3v) is 5.81. The van der Waals surface area contributed by atoms with Crippen LogP contribution >= 0.6 is 23.1 Å². The van der Waals surface area contributed by atoms with Crippen molar-refractivity contribution < 1.29 is 39.0 Å². The third-order valence-electron chi connectivity index (χ3n) is 3.80. The molecule has 2 amide bonds. The largest absolute Gasteiger partial charge is 0.512 e. The average Bonchev–Trinajstić information content (AvgIpc) is 3.18. The van der Waals surface area contributed by atoms with E-state index in [1.54, 1.807) is 6.92 Å². The molecule has 14 heteroatoms. The first-order valence-electron chi connectivity index (χ1n) is 7.96. The molecule has 0 radical (unpaired) electrons. The van der Waals surface area contributed by atoms with Gasteiger partial charge in [0.1, 0.15) is 17.1 Å². The maximum atomic E-state index is 12.6. The molecule has 2 aliphatic rings. The van der Waals surface area contributed by atoms with E-state index in [2.05, 4.69) is 20.3 Å². The smallest absolute Gasteiger partial charge is 0.479 e. The van der Waals surface area contributed by atoms with E-state index < -0.39 is 42.0 Å². The fraction of sp³-hybridized carbons (Fsp3) is 0.333. The highest BCUT2D eigenvalue weighted by molar-refractivity contribution is 8.00. The highest BCUT2D eigenvalue weighted by Gasteiger charge is 2.54. The molecule has 12 nitrogen and oxygen atoms in total. The number of rotatable bonds is 7. The van der Waals surface area contributed by atoms with E-state index in [1.165, 1.54) is 38.9 Å². The van der Waals surface area contributed by atoms with Gasteiger partial charge in [0.15, 0.2) is 5.71 Å². The van der Waals surface area contributed by atoms with E-state index in [0.29, 0.717) is 11.3 Å². The molecule has 1 aromatic rings. The lowest BCUT2D eigenvalue weighted by atomic mass is 10.1. The number of aliphatic carboxylic acids is 1. The van der Waals surface area contributed by atoms with Gasteiger partial charge >= 0.3 is 12.1 Å². The summed E-state index contributed by atoms with van der Waals surface area (Å²) in [6.07, 6.45) is -1.54. The first kappa shape index (κ1) is 20.6. The Hall–Kier alpha value is -3.13. The van der Waals surface area contributed by atoms with Crippen molar-refractivity contribution in [1.29, 1.82) is 0 Å². The minimum Gasteiger partial charge on any atom is -0.479 e. The summed E-state index contributed by atoms with van der Waals surface area (Å²) in [5.41, 5.74) is 1.90. The molecule has 2 atom stereocenters. The van der Waals surface area contributed by atoms with Gasteiger partial charge in [0.2, 0.25) is 12.5 Å². The SMILES string of the molecule is CC1=C(OC(=O)O)N2C(=O)C(NC(=O)C(=NOCC(=O)O)c3cscn3)[C@@H]2SC1. The number of fused-ring (bicyclic) bond motifs is 1. The van der Waals surface area contributed by atoms with Gasteiger partial charge in [-0.1, -0.05) is 5.16 Å². The minimum atomic E-state index is -1.54. The third kappa shape index (κ3) is 4.32. The van der Waals surface area contributed by atoms with Gasteiger partial charge in [0.05, 0.1) is 5.51 Å². The lowest BCUT2D eigenvalue weighted by molar-refractivity contribution is -0.148. The number of thiazole rings is 1. The molecule has 1 aromatic heterocycles. The van der Waals surface area contributed by atoms with Crippen molar-refractivity contribution in [2.24, 2.45) is 5.16 Å². The van der Waals surface area contributed by atoms with Crippen LogP contribution in [0.4, 0.5) is 4.79 Å². The second kappa shape index (κ2) is 8.48. The number of thioether (sulfide) groups is 1. The van der Waals surface area contributed by atoms with Crippen LogP contribution in [0.5, 0.6) is 0 Å². The van der Waals surface area contributed by atoms with Crippen LogP contribution in [0.2, 0.25) is 0 Å². The van der Waals surface area contributed by atoms with Crippen LogP contribution in [-0.4, -0.2) is 73.5 Å². The van der Waals surface area contributed by atoms with Crippen molar-refractivity contribution >= 4 is 52.7 Å². The molecule has 2 aliphatic heterocycles. The van der Waals surface area contributed by atoms with E-state index in [1.807, 2.05) is 0 Å². The number of aromatic nitrogens is 1. The second-order valence-electron chi connectivity index (χ2n) is 5.80. The highest BCUT2D eigenvalue weighted by Crippen LogP contribution is 2.40. The number of carboxylic acid groups (broad SMARTS) is 2. The topological polar surface area (TPSA) is 168 Å². The molecule has 0 spiro atoms. The zero-order valence-corrected chi connectivity index (χ0v) is 16.4. The zero-order chi connectivity index (χ0) is 21.1. The van der Waals surface area contributed by atoms with Gasteiger partial charge < -0.3 is 25.1 Å². The van der Waals surface area contributed by atoms with Crippen molar-refractivity contribution in [3.05, 3.63) is 28.0 Å². The summed E-state index contributed by atoms with van der Waals surface area (Å²) in [5.74, 6) is -2.25. The number of amides is 2. The Morgan fingerprint density at radius 3 is 2.79 bits per heavy atom. The lowest BCUT2D eigenvalue weighted by Crippen LogP contribution is -2.70. The van der Waals surface area contributed by atoms with Gasteiger partial charge in [-0.25, -0.2) is 14.6 Å². The molecule has 1 fully saturated rings. The molecule has 154 valence electrons. The number of carboxylic acids is 1. The number of ether oxygens (including phenoxy) is 1. The Bertz CT molecular complexity index is 913. The molecule has 1 saturated heterocycles. The van der Waals surface area contributed by atoms with Gasteiger partial charge in [0, 0.05) is 11.1 Å². The minimum absolute atomic E-state index is 0.0602. The number of nitrogens with one attached hydrogen (secondary N) is 1. The van der Waals surface area contributed by atoms with Crippen LogP contribution in [0.25, 0.3) is 0 Å². The Kier molecular flexibility index (Phi) is 6.03. The van der Waals surface area contributed by atoms with Crippen LogP contribution < -0.4 is 5.32 Å². The van der Waals surface area contributed by atoms with Crippen LogP contribution in [0.1, 0.15) is 12.6 Å². The van der Waals surface area contributed by atoms with Gasteiger partial charge in [-0.15, -0.1) is 23.1 Å². The number of hydrogen-bond acceptors (Lipinski definition) is 10. The van der Waals surface area contributed by atoms with E-state index >= 15 is 0 Å². The molecular formula is C15H14N4O8S2. The van der Waals surface area contributed by atoms with Crippen molar-refractivity contribution in [3.8, 4) is 0 Å². The molecule has 3 N–H and O–H groups in total. The maximum Gasteiger partial charge on any atom is 0.512 e. The fourth-order valence-corrected chi connectivity index (χ4v) is 4.38. The molecule has 0 bridgehead atoms. The maximum absolute atomic E-state index is 12.6. The van der Waals surface area contributed by atoms with Crippen molar-refractivity contribution in [1.82, 2.24) is 15.2 Å². The summed E-state index contributed by atoms with van der Waals surface area (Å²) in [6.45, 7) is 0.892. The summed E-state index contributed by atoms with van der Waals surface area (Å²) in [6, 6.07) is -0.948. The fourth-order valence-electron chi connectivity index (χ4n) is 2.58. The summed E-state index contributed by atoms with van der Waals surface area (Å²) >= 11 is 2.52. The van der Waals surface area contributed by atoms with Gasteiger partial charge in [0.25, 0.3) is 11.8 Å². The van der Waals surface area contributed by atoms with E-state index in [4.69, 9.17) is 14.9 Å². The standard InChI is InChI=1S/C15H14N4O8S2/c1-6-3-29-14-10(12(23)19(14)13(6)27-15(24)25)17-11(22)9(7-4-28-5-16-7)18-26-2-8(20)21/h4-5,10,14H,2-3H2,1H3,(H,17,22)(H,20,21)(H,24,25)/t10?,14-/m0/s1. The second-order valence-corrected chi connectivity index (χ2v) is 7.62. The van der Waals surface area contributed by atoms with Crippen LogP contribution in [0, 0.1) is 0 Å². The van der Waals surface area contributed by atoms with E-state index in [-0.39, 0.29) is 17.3 Å². The molecule has 1 unspecified atom stereocenters. The number of oxime groups is 1. The molecule has 3 rings (SSSR count). The van der Waals surface area contributed by atoms with Crippen molar-refractivity contribution in [2.45, 2.75) is 18.3 Å². The van der Waals surface area contributed by atoms with Crippen molar-refractivity contribution in [3.63, 3.8) is 0 Å². The van der Waals surface area contributed by atoms with Crippen molar-refractivity contribution in [2.75, 3.05) is 12.4 Å². The summed E-state index contributed by atoms with van der Waals surface area (Å²) in [4.78, 5) is 56.4. The molecular weight excluding hydrogens is 428 g/mol. The number of carbonyl (C=O) groups excluding carboxylic acids is 2. The average molecular weight is 442 g/mol. The number of β-lactam (4-membered cyclic amide) rings is 1. The Morgan fingerprint density at radius 2 is 2.17 bits per heavy atom. The van der Waals surface area contributed by atoms with Gasteiger partial charge in [-0.05, 0) is 12.5 Å². The molecule has 0 aliphatic carbocycles. The van der Waals surface area contributed by atoms with Gasteiger partial charge in [-0.3, -0.25) is 14.5 Å². The van der Waals surface area contributed by atoms with Crippen LogP contribution in [-0.2, 0) is 24.0 Å². The first-order chi connectivity index (χ1) is 13.8. The summed E-state index contributed by atoms with van der Waals surface area (Å²) < 4.78 is 4.71. The lowest BCUT2D eigenvalue weighted by Gasteiger charge is -2.48. The zero-order valence-electron chi connectivity index (χ0n) is 14.7. The quantitative estimate of drug-likeness (QED) is 0.231. The monoisotopic (exact) mass is 442 g/mol. The number of nitrogens with zero attached hydrogens (tertiary/aromatic N) is 3. The first-order valence-corrected chi connectivity index (χ1v) is 9.95. The predicted molar refractivity (Wildman–Crippen MR) is 99.1 cm³/mol. The van der Waals surface area contributed by atoms with E-state index in [0.717, 1.165) is 0 Å². The summed E-state index contributed by atoms with van der Waals surface area (Å²) in [5, 5.41) is 24.5. The Labute approximate surface area is 171 Å². The summed E-state index contributed by atoms with van der Waals surface area (Å²) in [7, 11) is 0. The number of carbonyl (C=O) groups is 4. The predicted octanol–water partition coefficient (Wildman–Crippen LogP) is 0.274. The number of hydrogen-bond donors (Lipinski definition) is 3. The molecule has 29 heavy (non-hydrogen) atoms. The van der Waals surface area contributed by atoms with Crippen LogP contribution in [0.15, 0.2) is 27.5 Å². The Morgan fingerprint density at radius 1 is 1.41 bits per heavy atom. The normalized spacial score (nSPS) is 21.2. The van der Waals surface area contributed by atoms with Gasteiger partial charge in [-0.2, -0.15) is 0 Å².